The molecule has 0 radical (unpaired) electrons. The van der Waals surface area contributed by atoms with Gasteiger partial charge in [0, 0.05) is 17.0 Å². The fourth-order valence-electron chi connectivity index (χ4n) is 2.20. The van der Waals surface area contributed by atoms with Crippen LogP contribution in [0.2, 0.25) is 10.0 Å². The smallest absolute Gasteiger partial charge is 0.354 e. The van der Waals surface area contributed by atoms with E-state index < -0.39 is 23.5 Å². The van der Waals surface area contributed by atoms with Gasteiger partial charge in [0.15, 0.2) is 0 Å². The quantitative estimate of drug-likeness (QED) is 0.591. The van der Waals surface area contributed by atoms with Crippen LogP contribution in [0.5, 0.6) is 0 Å². The van der Waals surface area contributed by atoms with Crippen LogP contribution in [0.3, 0.4) is 0 Å². The van der Waals surface area contributed by atoms with E-state index in [1.165, 1.54) is 6.07 Å². The minimum atomic E-state index is -1.19. The van der Waals surface area contributed by atoms with Crippen LogP contribution in [0.1, 0.15) is 10.5 Å². The number of carboxylic acids is 1. The van der Waals surface area contributed by atoms with Crippen molar-refractivity contribution in [2.24, 2.45) is 5.92 Å². The standard InChI is InChI=1S/C13H8Cl2N2O4/c14-4-1-6(15)8-7(2-4)17-10(13(20)21)9(8)16-3-5-11(18)12(5)19/h1-2,5,16-17H,3H2,(H,20,21). The van der Waals surface area contributed by atoms with Gasteiger partial charge in [0.1, 0.15) is 11.6 Å². The molecule has 1 fully saturated rings. The highest BCUT2D eigenvalue weighted by atomic mass is 35.5. The molecule has 0 spiro atoms. The number of hydrogen-bond donors (Lipinski definition) is 3. The Kier molecular flexibility index (Phi) is 3.15. The number of nitrogens with one attached hydrogen (secondary N) is 2. The summed E-state index contributed by atoms with van der Waals surface area (Å²) in [5, 5.41) is 13.1. The molecule has 0 amide bonds. The van der Waals surface area contributed by atoms with Gasteiger partial charge in [0.05, 0.1) is 16.2 Å². The second-order valence-corrected chi connectivity index (χ2v) is 5.50. The molecule has 2 aromatic rings. The number of anilines is 1. The molecular formula is C13H8Cl2N2O4. The monoisotopic (exact) mass is 326 g/mol. The Morgan fingerprint density at radius 3 is 2.52 bits per heavy atom. The molecule has 21 heavy (non-hydrogen) atoms. The zero-order valence-corrected chi connectivity index (χ0v) is 11.9. The number of carboxylic acid groups (broad SMARTS) is 1. The minimum absolute atomic E-state index is 0.0455. The summed E-state index contributed by atoms with van der Waals surface area (Å²) in [5.74, 6) is -2.79. The minimum Gasteiger partial charge on any atom is -0.477 e. The third-order valence-electron chi connectivity index (χ3n) is 3.30. The maximum Gasteiger partial charge on any atom is 0.354 e. The van der Waals surface area contributed by atoms with Gasteiger partial charge in [-0.15, -0.1) is 0 Å². The lowest BCUT2D eigenvalue weighted by molar-refractivity contribution is -0.122. The second kappa shape index (κ2) is 4.75. The normalized spacial score (nSPS) is 14.8. The van der Waals surface area contributed by atoms with Crippen LogP contribution in [-0.2, 0) is 9.59 Å². The molecule has 0 saturated heterocycles. The molecule has 0 bridgehead atoms. The predicted molar refractivity (Wildman–Crippen MR) is 77.3 cm³/mol. The number of ketones is 2. The number of hydrogen-bond acceptors (Lipinski definition) is 4. The highest BCUT2D eigenvalue weighted by Crippen LogP contribution is 2.36. The van der Waals surface area contributed by atoms with E-state index in [9.17, 15) is 19.5 Å². The maximum absolute atomic E-state index is 11.3. The van der Waals surface area contributed by atoms with Gasteiger partial charge in [0.2, 0.25) is 11.6 Å². The average molecular weight is 327 g/mol. The summed E-state index contributed by atoms with van der Waals surface area (Å²) in [4.78, 5) is 36.0. The summed E-state index contributed by atoms with van der Waals surface area (Å²) in [6, 6.07) is 3.04. The Balaban J connectivity index is 2.05. The van der Waals surface area contributed by atoms with Crippen molar-refractivity contribution in [1.82, 2.24) is 4.98 Å². The van der Waals surface area contributed by atoms with Crippen LogP contribution in [0, 0.1) is 5.92 Å². The largest absolute Gasteiger partial charge is 0.477 e. The number of carbonyl (C=O) groups is 3. The number of fused-ring (bicyclic) bond motifs is 1. The first kappa shape index (κ1) is 13.9. The van der Waals surface area contributed by atoms with E-state index in [1.807, 2.05) is 0 Å². The molecule has 1 aliphatic rings. The van der Waals surface area contributed by atoms with Crippen molar-refractivity contribution in [2.45, 2.75) is 0 Å². The summed E-state index contributed by atoms with van der Waals surface area (Å²) < 4.78 is 0. The van der Waals surface area contributed by atoms with Gasteiger partial charge in [-0.1, -0.05) is 23.2 Å². The van der Waals surface area contributed by atoms with Crippen LogP contribution in [-0.4, -0.2) is 34.2 Å². The van der Waals surface area contributed by atoms with Gasteiger partial charge in [-0.25, -0.2) is 4.79 Å². The lowest BCUT2D eigenvalue weighted by atomic mass is 10.2. The number of aromatic nitrogens is 1. The van der Waals surface area contributed by atoms with E-state index in [0.717, 1.165) is 0 Å². The number of carbonyl (C=O) groups excluding carboxylic acids is 2. The average Bonchev–Trinajstić information content (AvgIpc) is 2.83. The van der Waals surface area contributed by atoms with E-state index in [4.69, 9.17) is 23.2 Å². The van der Waals surface area contributed by atoms with E-state index in [0.29, 0.717) is 15.9 Å². The number of aromatic carboxylic acids is 1. The fraction of sp³-hybridized carbons (Fsp3) is 0.154. The first-order valence-corrected chi connectivity index (χ1v) is 6.71. The number of halogens is 2. The fourth-order valence-corrected chi connectivity index (χ4v) is 2.79. The van der Waals surface area contributed by atoms with Gasteiger partial charge >= 0.3 is 5.97 Å². The van der Waals surface area contributed by atoms with Crippen molar-refractivity contribution in [1.29, 1.82) is 0 Å². The molecule has 0 aliphatic heterocycles. The van der Waals surface area contributed by atoms with Crippen LogP contribution in [0.25, 0.3) is 10.9 Å². The number of Topliss-reactive ketones (excluding diaryl/α,β-unsaturated/α-hetero) is 2. The molecule has 6 nitrogen and oxygen atoms in total. The van der Waals surface area contributed by atoms with Crippen molar-refractivity contribution in [3.8, 4) is 0 Å². The number of benzene rings is 1. The molecule has 0 atom stereocenters. The van der Waals surface area contributed by atoms with E-state index >= 15 is 0 Å². The maximum atomic E-state index is 11.3. The van der Waals surface area contributed by atoms with Crippen molar-refractivity contribution in [3.05, 3.63) is 27.9 Å². The molecule has 1 aromatic carbocycles. The van der Waals surface area contributed by atoms with Crippen LogP contribution in [0.15, 0.2) is 12.1 Å². The molecular weight excluding hydrogens is 319 g/mol. The van der Waals surface area contributed by atoms with Crippen molar-refractivity contribution in [2.75, 3.05) is 11.9 Å². The lowest BCUT2D eigenvalue weighted by Gasteiger charge is -2.05. The number of H-pyrrole nitrogens is 1. The molecule has 1 heterocycles. The Hall–Kier alpha value is -2.05. The summed E-state index contributed by atoms with van der Waals surface area (Å²) in [6.07, 6.45) is 0. The molecule has 8 heteroatoms. The van der Waals surface area contributed by atoms with E-state index in [2.05, 4.69) is 10.3 Å². The molecule has 3 rings (SSSR count). The van der Waals surface area contributed by atoms with Crippen LogP contribution in [0.4, 0.5) is 5.69 Å². The summed E-state index contributed by atoms with van der Waals surface area (Å²) in [6.45, 7) is 0.0455. The second-order valence-electron chi connectivity index (χ2n) is 4.65. The lowest BCUT2D eigenvalue weighted by Crippen LogP contribution is -2.09. The van der Waals surface area contributed by atoms with Gasteiger partial charge < -0.3 is 15.4 Å². The Bertz CT molecular complexity index is 798. The first-order valence-electron chi connectivity index (χ1n) is 5.96. The Morgan fingerprint density at radius 2 is 1.95 bits per heavy atom. The van der Waals surface area contributed by atoms with Gasteiger partial charge in [-0.05, 0) is 12.1 Å². The molecule has 108 valence electrons. The summed E-state index contributed by atoms with van der Waals surface area (Å²) in [7, 11) is 0. The zero-order valence-electron chi connectivity index (χ0n) is 10.4. The van der Waals surface area contributed by atoms with Crippen molar-refractivity contribution in [3.63, 3.8) is 0 Å². The molecule has 0 unspecified atom stereocenters. The summed E-state index contributed by atoms with van der Waals surface area (Å²) in [5.41, 5.74) is 0.599. The predicted octanol–water partition coefficient (Wildman–Crippen LogP) is 2.35. The number of aromatic amines is 1. The molecule has 1 saturated carbocycles. The third-order valence-corrected chi connectivity index (χ3v) is 3.82. The van der Waals surface area contributed by atoms with E-state index in [-0.39, 0.29) is 22.9 Å². The highest BCUT2D eigenvalue weighted by Gasteiger charge is 2.47. The Labute approximate surface area is 128 Å². The van der Waals surface area contributed by atoms with Crippen LogP contribution < -0.4 is 5.32 Å². The third kappa shape index (κ3) is 2.26. The van der Waals surface area contributed by atoms with Crippen molar-refractivity contribution >= 4 is 57.3 Å². The molecule has 1 aromatic heterocycles. The van der Waals surface area contributed by atoms with Crippen LogP contribution >= 0.6 is 23.2 Å². The molecule has 1 aliphatic carbocycles. The highest BCUT2D eigenvalue weighted by molar-refractivity contribution is 6.60. The summed E-state index contributed by atoms with van der Waals surface area (Å²) >= 11 is 12.0. The zero-order chi connectivity index (χ0) is 15.3. The number of rotatable bonds is 4. The first-order chi connectivity index (χ1) is 9.90. The van der Waals surface area contributed by atoms with E-state index in [1.54, 1.807) is 6.07 Å². The van der Waals surface area contributed by atoms with Crippen molar-refractivity contribution < 1.29 is 19.5 Å². The SMILES string of the molecule is O=C(O)c1[nH]c2cc(Cl)cc(Cl)c2c1NCC1C(=O)C1=O. The van der Waals surface area contributed by atoms with Gasteiger partial charge in [-0.3, -0.25) is 9.59 Å². The topological polar surface area (TPSA) is 99.3 Å². The van der Waals surface area contributed by atoms with Gasteiger partial charge in [0.25, 0.3) is 0 Å². The van der Waals surface area contributed by atoms with Gasteiger partial charge in [-0.2, -0.15) is 0 Å². The Morgan fingerprint density at radius 1 is 1.29 bits per heavy atom. The molecule has 3 N–H and O–H groups in total.